The molecule has 3 rings (SSSR count). The van der Waals surface area contributed by atoms with Gasteiger partial charge in [0.1, 0.15) is 6.61 Å². The number of hydrogen-bond acceptors (Lipinski definition) is 6. The minimum atomic E-state index is -3.51. The van der Waals surface area contributed by atoms with Crippen LogP contribution in [0.3, 0.4) is 0 Å². The lowest BCUT2D eigenvalue weighted by atomic mass is 10.2. The number of benzene rings is 2. The largest absolute Gasteiger partial charge is 0.455 e. The standard InChI is InChI=1S/C19H19N3O4S/c1-13-17(21-16-10-6-5-9-15(16)20-13)12-26-19(23)14-8-4-7-11-18(14)22(2)27(3,24)25/h4-11H,12H2,1-3H3. The van der Waals surface area contributed by atoms with Gasteiger partial charge in [-0.1, -0.05) is 24.3 Å². The van der Waals surface area contributed by atoms with Gasteiger partial charge in [-0.05, 0) is 31.2 Å². The highest BCUT2D eigenvalue weighted by atomic mass is 32.2. The van der Waals surface area contributed by atoms with E-state index in [-0.39, 0.29) is 17.9 Å². The van der Waals surface area contributed by atoms with Gasteiger partial charge in [0, 0.05) is 7.05 Å². The maximum Gasteiger partial charge on any atom is 0.340 e. The number of esters is 1. The molecule has 1 heterocycles. The zero-order valence-corrected chi connectivity index (χ0v) is 16.0. The number of ether oxygens (including phenoxy) is 1. The van der Waals surface area contributed by atoms with Crippen LogP contribution >= 0.6 is 0 Å². The van der Waals surface area contributed by atoms with E-state index in [9.17, 15) is 13.2 Å². The highest BCUT2D eigenvalue weighted by Gasteiger charge is 2.20. The zero-order valence-electron chi connectivity index (χ0n) is 15.2. The molecule has 0 unspecified atom stereocenters. The van der Waals surface area contributed by atoms with Gasteiger partial charge in [-0.25, -0.2) is 23.2 Å². The average Bonchev–Trinajstić information content (AvgIpc) is 2.64. The number of fused-ring (bicyclic) bond motifs is 1. The summed E-state index contributed by atoms with van der Waals surface area (Å²) in [5.74, 6) is -0.629. The molecule has 0 saturated carbocycles. The highest BCUT2D eigenvalue weighted by Crippen LogP contribution is 2.23. The molecule has 0 spiro atoms. The number of carbonyl (C=O) groups excluding carboxylic acids is 1. The van der Waals surface area contributed by atoms with Crippen molar-refractivity contribution in [2.24, 2.45) is 0 Å². The van der Waals surface area contributed by atoms with Crippen LogP contribution in [0.5, 0.6) is 0 Å². The SMILES string of the molecule is Cc1nc2ccccc2nc1COC(=O)c1ccccc1N(C)S(C)(=O)=O. The van der Waals surface area contributed by atoms with Crippen molar-refractivity contribution < 1.29 is 17.9 Å². The Kier molecular flexibility index (Phi) is 5.09. The van der Waals surface area contributed by atoms with Gasteiger partial charge in [0.25, 0.3) is 0 Å². The lowest BCUT2D eigenvalue weighted by molar-refractivity contribution is 0.0468. The second-order valence-corrected chi connectivity index (χ2v) is 8.08. The molecule has 7 nitrogen and oxygen atoms in total. The molecule has 0 aliphatic heterocycles. The Morgan fingerprint density at radius 2 is 1.63 bits per heavy atom. The average molecular weight is 385 g/mol. The summed E-state index contributed by atoms with van der Waals surface area (Å²) in [5.41, 5.74) is 3.12. The number of hydrogen-bond donors (Lipinski definition) is 0. The fourth-order valence-electron chi connectivity index (χ4n) is 2.57. The van der Waals surface area contributed by atoms with Crippen molar-refractivity contribution in [2.75, 3.05) is 17.6 Å². The van der Waals surface area contributed by atoms with Crippen molar-refractivity contribution in [1.29, 1.82) is 0 Å². The smallest absolute Gasteiger partial charge is 0.340 e. The quantitative estimate of drug-likeness (QED) is 0.627. The molecule has 140 valence electrons. The molecule has 8 heteroatoms. The van der Waals surface area contributed by atoms with E-state index in [0.29, 0.717) is 16.9 Å². The van der Waals surface area contributed by atoms with E-state index in [1.54, 1.807) is 25.1 Å². The van der Waals surface area contributed by atoms with Crippen molar-refractivity contribution in [2.45, 2.75) is 13.5 Å². The van der Waals surface area contributed by atoms with Gasteiger partial charge < -0.3 is 4.74 Å². The number of sulfonamides is 1. The van der Waals surface area contributed by atoms with Crippen molar-refractivity contribution in [3.63, 3.8) is 0 Å². The van der Waals surface area contributed by atoms with E-state index in [1.807, 2.05) is 24.3 Å². The van der Waals surface area contributed by atoms with Crippen molar-refractivity contribution in [3.05, 3.63) is 65.5 Å². The van der Waals surface area contributed by atoms with Crippen molar-refractivity contribution in [3.8, 4) is 0 Å². The fourth-order valence-corrected chi connectivity index (χ4v) is 3.09. The topological polar surface area (TPSA) is 89.5 Å². The van der Waals surface area contributed by atoms with Crippen LogP contribution in [0.4, 0.5) is 5.69 Å². The van der Waals surface area contributed by atoms with Gasteiger partial charge in [-0.15, -0.1) is 0 Å². The summed E-state index contributed by atoms with van der Waals surface area (Å²) < 4.78 is 30.1. The Balaban J connectivity index is 1.84. The lowest BCUT2D eigenvalue weighted by Crippen LogP contribution is -2.27. The van der Waals surface area contributed by atoms with E-state index in [1.165, 1.54) is 13.1 Å². The molecule has 2 aromatic carbocycles. The second kappa shape index (κ2) is 7.32. The van der Waals surface area contributed by atoms with Crippen LogP contribution in [0.1, 0.15) is 21.7 Å². The molecule has 0 fully saturated rings. The van der Waals surface area contributed by atoms with E-state index >= 15 is 0 Å². The number of nitrogens with zero attached hydrogens (tertiary/aromatic N) is 3. The van der Waals surface area contributed by atoms with E-state index < -0.39 is 16.0 Å². The lowest BCUT2D eigenvalue weighted by Gasteiger charge is -2.19. The zero-order chi connectivity index (χ0) is 19.6. The first kappa shape index (κ1) is 18.8. The number of carbonyl (C=O) groups is 1. The van der Waals surface area contributed by atoms with Gasteiger partial charge >= 0.3 is 5.97 Å². The summed E-state index contributed by atoms with van der Waals surface area (Å²) in [7, 11) is -2.12. The molecular formula is C19H19N3O4S. The Bertz CT molecular complexity index is 1110. The molecule has 0 atom stereocenters. The van der Waals surface area contributed by atoms with Crippen LogP contribution in [0.15, 0.2) is 48.5 Å². The number of para-hydroxylation sites is 3. The molecule has 3 aromatic rings. The van der Waals surface area contributed by atoms with Gasteiger partial charge in [-0.2, -0.15) is 0 Å². The van der Waals surface area contributed by atoms with Crippen LogP contribution < -0.4 is 4.31 Å². The number of aromatic nitrogens is 2. The fraction of sp³-hybridized carbons (Fsp3) is 0.211. The van der Waals surface area contributed by atoms with Crippen LogP contribution in [-0.4, -0.2) is 37.7 Å². The Hall–Kier alpha value is -3.00. The number of anilines is 1. The summed E-state index contributed by atoms with van der Waals surface area (Å²) in [5, 5.41) is 0. The maximum absolute atomic E-state index is 12.6. The van der Waals surface area contributed by atoms with Gasteiger partial charge in [0.05, 0.1) is 39.9 Å². The minimum absolute atomic E-state index is 0.0561. The summed E-state index contributed by atoms with van der Waals surface area (Å²) in [6.45, 7) is 1.74. The molecule has 27 heavy (non-hydrogen) atoms. The van der Waals surface area contributed by atoms with Crippen LogP contribution in [0, 0.1) is 6.92 Å². The first-order valence-corrected chi connectivity index (χ1v) is 10.0. The van der Waals surface area contributed by atoms with Crippen LogP contribution in [-0.2, 0) is 21.4 Å². The van der Waals surface area contributed by atoms with E-state index in [0.717, 1.165) is 16.1 Å². The third kappa shape index (κ3) is 4.06. The molecule has 0 bridgehead atoms. The predicted octanol–water partition coefficient (Wildman–Crippen LogP) is 2.69. The third-order valence-corrected chi connectivity index (χ3v) is 5.34. The molecule has 0 saturated heterocycles. The highest BCUT2D eigenvalue weighted by molar-refractivity contribution is 7.92. The minimum Gasteiger partial charge on any atom is -0.455 e. The van der Waals surface area contributed by atoms with Crippen LogP contribution in [0.2, 0.25) is 0 Å². The van der Waals surface area contributed by atoms with Crippen LogP contribution in [0.25, 0.3) is 11.0 Å². The Morgan fingerprint density at radius 3 is 2.30 bits per heavy atom. The molecule has 0 radical (unpaired) electrons. The first-order valence-electron chi connectivity index (χ1n) is 8.19. The summed E-state index contributed by atoms with van der Waals surface area (Å²) in [6.07, 6.45) is 1.07. The second-order valence-electron chi connectivity index (χ2n) is 6.07. The molecule has 1 aromatic heterocycles. The van der Waals surface area contributed by atoms with E-state index in [4.69, 9.17) is 4.74 Å². The Morgan fingerprint density at radius 1 is 1.04 bits per heavy atom. The molecule has 0 aliphatic rings. The van der Waals surface area contributed by atoms with Gasteiger partial charge in [0.2, 0.25) is 10.0 Å². The summed E-state index contributed by atoms with van der Waals surface area (Å²) in [6, 6.07) is 13.8. The van der Waals surface area contributed by atoms with E-state index in [2.05, 4.69) is 9.97 Å². The third-order valence-electron chi connectivity index (χ3n) is 4.14. The first-order chi connectivity index (χ1) is 12.8. The molecule has 0 aliphatic carbocycles. The van der Waals surface area contributed by atoms with Gasteiger partial charge in [0.15, 0.2) is 0 Å². The Labute approximate surface area is 157 Å². The van der Waals surface area contributed by atoms with Gasteiger partial charge in [-0.3, -0.25) is 4.31 Å². The maximum atomic E-state index is 12.6. The predicted molar refractivity (Wildman–Crippen MR) is 103 cm³/mol. The summed E-state index contributed by atoms with van der Waals surface area (Å²) in [4.78, 5) is 21.5. The van der Waals surface area contributed by atoms with Crippen molar-refractivity contribution >= 4 is 32.7 Å². The van der Waals surface area contributed by atoms with Crippen molar-refractivity contribution in [1.82, 2.24) is 9.97 Å². The number of rotatable bonds is 5. The normalized spacial score (nSPS) is 11.4. The molecular weight excluding hydrogens is 366 g/mol. The summed E-state index contributed by atoms with van der Waals surface area (Å²) >= 11 is 0. The molecule has 0 amide bonds. The molecule has 0 N–H and O–H groups in total. The monoisotopic (exact) mass is 385 g/mol. The number of aryl methyl sites for hydroxylation is 1.